The van der Waals surface area contributed by atoms with Crippen LogP contribution >= 0.6 is 27.0 Å². The van der Waals surface area contributed by atoms with Crippen molar-refractivity contribution in [2.24, 2.45) is 16.8 Å². The molecule has 0 unspecified atom stereocenters. The summed E-state index contributed by atoms with van der Waals surface area (Å²) in [7, 11) is 0. The number of hydrogen-bond acceptors (Lipinski definition) is 12. The molecule has 2 fully saturated rings. The van der Waals surface area contributed by atoms with Gasteiger partial charge in [-0.25, -0.2) is 24.7 Å². The Morgan fingerprint density at radius 1 is 0.778 bits per heavy atom. The van der Waals surface area contributed by atoms with E-state index >= 15 is 0 Å². The van der Waals surface area contributed by atoms with E-state index in [9.17, 15) is 4.79 Å². The molecule has 0 spiro atoms. The van der Waals surface area contributed by atoms with Crippen molar-refractivity contribution in [2.45, 2.75) is 92.7 Å². The average molecular weight is 773 g/mol. The summed E-state index contributed by atoms with van der Waals surface area (Å²) in [6.45, 7) is 11.8. The van der Waals surface area contributed by atoms with Gasteiger partial charge in [0.2, 0.25) is 0 Å². The van der Waals surface area contributed by atoms with E-state index in [1.54, 1.807) is 12.1 Å². The predicted octanol–water partition coefficient (Wildman–Crippen LogP) is 8.16. The lowest BCUT2D eigenvalue weighted by molar-refractivity contribution is 0.0514. The monoisotopic (exact) mass is 772 g/mol. The summed E-state index contributed by atoms with van der Waals surface area (Å²) in [6.07, 6.45) is 4.36. The molecule has 13 nitrogen and oxygen atoms in total. The first-order valence-electron chi connectivity index (χ1n) is 17.3. The van der Waals surface area contributed by atoms with E-state index in [1.807, 2.05) is 71.0 Å². The highest BCUT2D eigenvalue weighted by Gasteiger charge is 2.29. The van der Waals surface area contributed by atoms with Gasteiger partial charge in [0.25, 0.3) is 5.89 Å². The van der Waals surface area contributed by atoms with Crippen molar-refractivity contribution < 1.29 is 14.2 Å². The van der Waals surface area contributed by atoms with E-state index in [1.165, 1.54) is 18.4 Å². The standard InChI is InChI=1S/C19H23N5O2.C19H21N5O.CH4.2H2S/c1-11-10-17(23-13(3)21-11)22-12(2)14-4-8-16(9-5-14)19(25)26-24-18(20)15-6-7-15;1-11-10-17(22-13(3)20-11)21-12(2)14-4-8-16(9-5-14)19-23-18(24-25-19)15-6-7-15;;;/h4-5,8-10,12,15H,6-7H2,1-3H3,(H2,20,24)(H,21,22,23);4-5,8-10,12,15H,6-7H2,1-3H3,(H,20,21,22);1H4;2*1H2/t2*12-;;;/m00.../s1. The molecular formula is C39H52N10O3S2. The quantitative estimate of drug-likeness (QED) is 0.0508. The number of hydrogen-bond donors (Lipinski definition) is 3. The number of nitrogens with zero attached hydrogens (tertiary/aromatic N) is 7. The van der Waals surface area contributed by atoms with Gasteiger partial charge in [-0.3, -0.25) is 0 Å². The number of amidine groups is 1. The number of oxime groups is 1. The Balaban J connectivity index is 0.000000275. The van der Waals surface area contributed by atoms with Crippen molar-refractivity contribution in [3.8, 4) is 11.5 Å². The maximum atomic E-state index is 12.0. The molecule has 3 heterocycles. The van der Waals surface area contributed by atoms with Crippen molar-refractivity contribution in [1.82, 2.24) is 30.1 Å². The zero-order valence-electron chi connectivity index (χ0n) is 30.8. The number of aromatic nitrogens is 6. The smallest absolute Gasteiger partial charge is 0.365 e. The van der Waals surface area contributed by atoms with Crippen molar-refractivity contribution in [1.29, 1.82) is 0 Å². The van der Waals surface area contributed by atoms with Gasteiger partial charge in [-0.05, 0) is 103 Å². The third-order valence-corrected chi connectivity index (χ3v) is 8.58. The minimum absolute atomic E-state index is 0. The first-order valence-corrected chi connectivity index (χ1v) is 17.3. The lowest BCUT2D eigenvalue weighted by Crippen LogP contribution is -2.15. The molecule has 288 valence electrons. The molecule has 0 bridgehead atoms. The van der Waals surface area contributed by atoms with Gasteiger partial charge in [-0.15, -0.1) is 0 Å². The Kier molecular flexibility index (Phi) is 15.5. The SMILES string of the molecule is C.Cc1cc(N[C@@H](C)c2ccc(-c3nc(C4CC4)no3)cc2)nc(C)n1.Cc1cc(N[C@@H](C)c2ccc(C(=O)O/N=C(\N)C3CC3)cc2)nc(C)n1.S.S. The fourth-order valence-corrected chi connectivity index (χ4v) is 5.47. The molecule has 2 aliphatic carbocycles. The van der Waals surface area contributed by atoms with E-state index in [0.717, 1.165) is 64.5 Å². The van der Waals surface area contributed by atoms with Crippen LogP contribution in [-0.2, 0) is 4.84 Å². The van der Waals surface area contributed by atoms with E-state index < -0.39 is 5.97 Å². The normalized spacial score (nSPS) is 14.4. The van der Waals surface area contributed by atoms with Crippen LogP contribution in [0.2, 0.25) is 0 Å². The third kappa shape index (κ3) is 12.0. The van der Waals surface area contributed by atoms with Crippen LogP contribution in [0.15, 0.2) is 70.3 Å². The van der Waals surface area contributed by atoms with Gasteiger partial charge in [0.05, 0.1) is 5.56 Å². The predicted molar refractivity (Wildman–Crippen MR) is 222 cm³/mol. The molecule has 2 atom stereocenters. The van der Waals surface area contributed by atoms with Crippen LogP contribution in [0.4, 0.5) is 11.6 Å². The first kappa shape index (κ1) is 43.4. The molecule has 0 saturated heterocycles. The van der Waals surface area contributed by atoms with Gasteiger partial charge in [0.1, 0.15) is 29.1 Å². The molecule has 2 aromatic carbocycles. The van der Waals surface area contributed by atoms with Crippen LogP contribution < -0.4 is 16.4 Å². The summed E-state index contributed by atoms with van der Waals surface area (Å²) in [4.78, 5) is 38.8. The maximum absolute atomic E-state index is 12.0. The summed E-state index contributed by atoms with van der Waals surface area (Å²) in [6, 6.07) is 19.4. The molecular weight excluding hydrogens is 721 g/mol. The number of rotatable bonds is 11. The van der Waals surface area contributed by atoms with Crippen LogP contribution in [-0.4, -0.2) is 41.9 Å². The lowest BCUT2D eigenvalue weighted by atomic mass is 10.1. The molecule has 5 aromatic rings. The van der Waals surface area contributed by atoms with Gasteiger partial charge in [0.15, 0.2) is 5.82 Å². The highest BCUT2D eigenvalue weighted by atomic mass is 32.1. The summed E-state index contributed by atoms with van der Waals surface area (Å²) < 4.78 is 5.38. The average Bonchev–Trinajstić information content (AvgIpc) is 4.05. The maximum Gasteiger partial charge on any atom is 0.365 e. The molecule has 2 aliphatic rings. The molecule has 0 amide bonds. The van der Waals surface area contributed by atoms with Crippen molar-refractivity contribution in [3.05, 3.63) is 106 Å². The zero-order valence-corrected chi connectivity index (χ0v) is 32.8. The summed E-state index contributed by atoms with van der Waals surface area (Å²) in [5.74, 6) is 5.19. The Morgan fingerprint density at radius 2 is 1.28 bits per heavy atom. The minimum Gasteiger partial charge on any atom is -0.384 e. The lowest BCUT2D eigenvalue weighted by Gasteiger charge is -2.15. The van der Waals surface area contributed by atoms with Crippen molar-refractivity contribution >= 4 is 50.4 Å². The largest absolute Gasteiger partial charge is 0.384 e. The topological polar surface area (TPSA) is 179 Å². The summed E-state index contributed by atoms with van der Waals surface area (Å²) >= 11 is 0. The number of benzene rings is 2. The van der Waals surface area contributed by atoms with E-state index in [0.29, 0.717) is 23.2 Å². The van der Waals surface area contributed by atoms with Crippen LogP contribution in [0.1, 0.15) is 115 Å². The molecule has 7 rings (SSSR count). The van der Waals surface area contributed by atoms with Crippen molar-refractivity contribution in [3.63, 3.8) is 0 Å². The fourth-order valence-electron chi connectivity index (χ4n) is 5.47. The van der Waals surface area contributed by atoms with Gasteiger partial charge in [-0.1, -0.05) is 42.0 Å². The van der Waals surface area contributed by atoms with Crippen LogP contribution in [0.25, 0.3) is 11.5 Å². The molecule has 2 saturated carbocycles. The Bertz CT molecular complexity index is 1970. The highest BCUT2D eigenvalue weighted by molar-refractivity contribution is 7.59. The molecule has 0 radical (unpaired) electrons. The van der Waals surface area contributed by atoms with Gasteiger partial charge >= 0.3 is 5.97 Å². The van der Waals surface area contributed by atoms with Gasteiger partial charge < -0.3 is 25.7 Å². The van der Waals surface area contributed by atoms with Crippen LogP contribution in [0, 0.1) is 33.6 Å². The molecule has 0 aliphatic heterocycles. The molecule has 4 N–H and O–H groups in total. The highest BCUT2D eigenvalue weighted by Crippen LogP contribution is 2.39. The number of carbonyl (C=O) groups excluding carboxylic acids is 1. The Morgan fingerprint density at radius 3 is 1.74 bits per heavy atom. The molecule has 3 aromatic heterocycles. The third-order valence-electron chi connectivity index (χ3n) is 8.58. The zero-order chi connectivity index (χ0) is 36.1. The Labute approximate surface area is 331 Å². The van der Waals surface area contributed by atoms with Gasteiger partial charge in [-0.2, -0.15) is 32.0 Å². The second-order valence-corrected chi connectivity index (χ2v) is 13.3. The number of anilines is 2. The minimum atomic E-state index is -0.511. The second kappa shape index (κ2) is 19.3. The van der Waals surface area contributed by atoms with Crippen LogP contribution in [0.5, 0.6) is 0 Å². The van der Waals surface area contributed by atoms with Gasteiger partial charge in [0, 0.05) is 53.0 Å². The van der Waals surface area contributed by atoms with E-state index in [2.05, 4.69) is 64.9 Å². The van der Waals surface area contributed by atoms with Crippen molar-refractivity contribution in [2.75, 3.05) is 10.6 Å². The second-order valence-electron chi connectivity index (χ2n) is 13.3. The van der Waals surface area contributed by atoms with Crippen LogP contribution in [0.3, 0.4) is 0 Å². The summed E-state index contributed by atoms with van der Waals surface area (Å²) in [5.41, 5.74) is 11.2. The summed E-state index contributed by atoms with van der Waals surface area (Å²) in [5, 5.41) is 14.5. The first-order chi connectivity index (χ1) is 24.5. The number of aryl methyl sites for hydroxylation is 4. The van der Waals surface area contributed by atoms with E-state index in [4.69, 9.17) is 15.1 Å². The number of carbonyl (C=O) groups is 1. The fraction of sp³-hybridized carbons (Fsp3) is 0.385. The number of nitrogens with one attached hydrogen (secondary N) is 2. The molecule has 54 heavy (non-hydrogen) atoms. The van der Waals surface area contributed by atoms with E-state index in [-0.39, 0.29) is 52.4 Å². The Hall–Kier alpha value is -5.02. The number of nitrogens with two attached hydrogens (primary N) is 1. The molecule has 15 heteroatoms.